The molecule has 16 heavy (non-hydrogen) atoms. The molecule has 2 unspecified atom stereocenters. The lowest BCUT2D eigenvalue weighted by Gasteiger charge is -1.97. The highest BCUT2D eigenvalue weighted by Crippen LogP contribution is 2.56. The Bertz CT molecular complexity index is 509. The molecule has 1 aliphatic rings. The van der Waals surface area contributed by atoms with Crippen LogP contribution in [-0.4, -0.2) is 5.16 Å². The van der Waals surface area contributed by atoms with E-state index in [9.17, 15) is 0 Å². The van der Waals surface area contributed by atoms with Crippen molar-refractivity contribution in [2.45, 2.75) is 18.3 Å². The minimum absolute atomic E-state index is 0.287. The molecule has 82 valence electrons. The van der Waals surface area contributed by atoms with Gasteiger partial charge in [0.2, 0.25) is 0 Å². The van der Waals surface area contributed by atoms with Crippen LogP contribution in [0.4, 0.5) is 5.82 Å². The zero-order chi connectivity index (χ0) is 11.1. The van der Waals surface area contributed by atoms with E-state index in [1.54, 1.807) is 0 Å². The molecule has 1 aromatic heterocycles. The van der Waals surface area contributed by atoms with Crippen LogP contribution in [0.5, 0.6) is 0 Å². The van der Waals surface area contributed by atoms with Crippen LogP contribution in [-0.2, 0) is 0 Å². The number of anilines is 1. The summed E-state index contributed by atoms with van der Waals surface area (Å²) < 4.78 is 5.16. The Kier molecular flexibility index (Phi) is 2.14. The van der Waals surface area contributed by atoms with E-state index in [1.165, 1.54) is 5.56 Å². The van der Waals surface area contributed by atoms with E-state index >= 15 is 0 Å². The van der Waals surface area contributed by atoms with Crippen LogP contribution in [0.1, 0.15) is 29.6 Å². The molecule has 1 aliphatic carbocycles. The molecule has 1 fully saturated rings. The molecular weight excluding hydrogens is 224 g/mol. The molecule has 2 atom stereocenters. The number of rotatable bonds is 2. The van der Waals surface area contributed by atoms with E-state index < -0.39 is 0 Å². The smallest absolute Gasteiger partial charge is 0.186 e. The fraction of sp³-hybridized carbons (Fsp3) is 0.250. The summed E-state index contributed by atoms with van der Waals surface area (Å²) >= 11 is 6.02. The summed E-state index contributed by atoms with van der Waals surface area (Å²) in [6.07, 6.45) is 1.05. The Morgan fingerprint density at radius 1 is 1.25 bits per heavy atom. The first-order valence-electron chi connectivity index (χ1n) is 5.23. The van der Waals surface area contributed by atoms with E-state index in [0.717, 1.165) is 12.2 Å². The fourth-order valence-electron chi connectivity index (χ4n) is 2.09. The highest BCUT2D eigenvalue weighted by molar-refractivity contribution is 6.33. The number of nitrogens with zero attached hydrogens (tertiary/aromatic N) is 1. The van der Waals surface area contributed by atoms with Gasteiger partial charge in [-0.15, -0.1) is 0 Å². The summed E-state index contributed by atoms with van der Waals surface area (Å²) in [5, 5.41) is 4.15. The summed E-state index contributed by atoms with van der Waals surface area (Å²) in [4.78, 5) is 0. The van der Waals surface area contributed by atoms with E-state index in [-0.39, 0.29) is 5.82 Å². The number of hydrogen-bond acceptors (Lipinski definition) is 3. The lowest BCUT2D eigenvalue weighted by atomic mass is 10.1. The molecule has 0 bridgehead atoms. The van der Waals surface area contributed by atoms with E-state index in [0.29, 0.717) is 16.9 Å². The molecule has 0 amide bonds. The molecule has 0 saturated heterocycles. The molecule has 2 N–H and O–H groups in total. The first kappa shape index (κ1) is 9.73. The van der Waals surface area contributed by atoms with Crippen molar-refractivity contribution in [3.8, 4) is 0 Å². The van der Waals surface area contributed by atoms with Gasteiger partial charge in [-0.2, -0.15) is 0 Å². The van der Waals surface area contributed by atoms with Crippen LogP contribution < -0.4 is 5.73 Å². The van der Waals surface area contributed by atoms with Crippen molar-refractivity contribution in [2.24, 2.45) is 0 Å². The van der Waals surface area contributed by atoms with Gasteiger partial charge in [0.15, 0.2) is 11.6 Å². The second-order valence-electron chi connectivity index (χ2n) is 4.11. The second-order valence-corrected chi connectivity index (χ2v) is 4.48. The Hall–Kier alpha value is -1.48. The van der Waals surface area contributed by atoms with Crippen molar-refractivity contribution in [1.29, 1.82) is 0 Å². The highest BCUT2D eigenvalue weighted by Gasteiger charge is 2.43. The molecule has 1 saturated carbocycles. The van der Waals surface area contributed by atoms with Crippen molar-refractivity contribution in [2.75, 3.05) is 5.73 Å². The van der Waals surface area contributed by atoms with E-state index in [1.807, 2.05) is 18.2 Å². The summed E-state index contributed by atoms with van der Waals surface area (Å²) in [5.74, 6) is 1.84. The molecule has 3 nitrogen and oxygen atoms in total. The first-order valence-corrected chi connectivity index (χ1v) is 5.60. The van der Waals surface area contributed by atoms with Gasteiger partial charge in [-0.1, -0.05) is 47.1 Å². The van der Waals surface area contributed by atoms with Gasteiger partial charge in [0.25, 0.3) is 0 Å². The molecule has 0 aliphatic heterocycles. The van der Waals surface area contributed by atoms with Gasteiger partial charge >= 0.3 is 0 Å². The number of aromatic nitrogens is 1. The quantitative estimate of drug-likeness (QED) is 0.868. The summed E-state index contributed by atoms with van der Waals surface area (Å²) in [6.45, 7) is 0. The third-order valence-corrected chi connectivity index (χ3v) is 3.42. The second kappa shape index (κ2) is 3.52. The van der Waals surface area contributed by atoms with E-state index in [4.69, 9.17) is 21.9 Å². The summed E-state index contributed by atoms with van der Waals surface area (Å²) in [5.41, 5.74) is 6.87. The van der Waals surface area contributed by atoms with Crippen LogP contribution in [0.2, 0.25) is 5.02 Å². The Morgan fingerprint density at radius 3 is 2.62 bits per heavy atom. The van der Waals surface area contributed by atoms with Gasteiger partial charge in [-0.25, -0.2) is 0 Å². The number of hydrogen-bond donors (Lipinski definition) is 1. The van der Waals surface area contributed by atoms with Gasteiger partial charge in [0.1, 0.15) is 5.02 Å². The zero-order valence-electron chi connectivity index (χ0n) is 8.56. The number of nitrogens with two attached hydrogens (primary N) is 1. The number of benzene rings is 1. The topological polar surface area (TPSA) is 52.0 Å². The highest BCUT2D eigenvalue weighted by atomic mass is 35.5. The average molecular weight is 235 g/mol. The molecule has 0 spiro atoms. The maximum absolute atomic E-state index is 6.02. The minimum atomic E-state index is 0.287. The van der Waals surface area contributed by atoms with Gasteiger partial charge in [0.05, 0.1) is 0 Å². The summed E-state index contributed by atoms with van der Waals surface area (Å²) in [6, 6.07) is 10.3. The van der Waals surface area contributed by atoms with Gasteiger partial charge in [-0.05, 0) is 17.9 Å². The van der Waals surface area contributed by atoms with Crippen molar-refractivity contribution >= 4 is 17.4 Å². The van der Waals surface area contributed by atoms with Crippen molar-refractivity contribution in [1.82, 2.24) is 5.16 Å². The predicted molar refractivity (Wildman–Crippen MR) is 62.5 cm³/mol. The van der Waals surface area contributed by atoms with Crippen molar-refractivity contribution in [3.05, 3.63) is 46.7 Å². The third-order valence-electron chi connectivity index (χ3n) is 3.04. The monoisotopic (exact) mass is 234 g/mol. The van der Waals surface area contributed by atoms with Gasteiger partial charge < -0.3 is 10.3 Å². The first-order chi connectivity index (χ1) is 7.77. The molecule has 3 rings (SSSR count). The summed E-state index contributed by atoms with van der Waals surface area (Å²) in [7, 11) is 0. The lowest BCUT2D eigenvalue weighted by molar-refractivity contribution is 0.386. The Labute approximate surface area is 98.2 Å². The van der Waals surface area contributed by atoms with Crippen LogP contribution >= 0.6 is 11.6 Å². The van der Waals surface area contributed by atoms with E-state index in [2.05, 4.69) is 17.3 Å². The molecule has 2 aromatic rings. The molecular formula is C12H11ClN2O. The third kappa shape index (κ3) is 1.48. The zero-order valence-corrected chi connectivity index (χ0v) is 9.32. The minimum Gasteiger partial charge on any atom is -0.380 e. The largest absolute Gasteiger partial charge is 0.380 e. The Morgan fingerprint density at radius 2 is 2.00 bits per heavy atom. The molecule has 1 heterocycles. The SMILES string of the molecule is Nc1noc(C2CC2c2ccccc2)c1Cl. The fourth-order valence-corrected chi connectivity index (χ4v) is 2.30. The van der Waals surface area contributed by atoms with Gasteiger partial charge in [-0.3, -0.25) is 0 Å². The number of halogens is 1. The maximum Gasteiger partial charge on any atom is 0.186 e. The lowest BCUT2D eigenvalue weighted by Crippen LogP contribution is -1.85. The Balaban J connectivity index is 1.85. The molecule has 0 radical (unpaired) electrons. The van der Waals surface area contributed by atoms with Gasteiger partial charge in [0, 0.05) is 5.92 Å². The van der Waals surface area contributed by atoms with Crippen LogP contribution in [0.15, 0.2) is 34.9 Å². The maximum atomic E-state index is 6.02. The van der Waals surface area contributed by atoms with Crippen molar-refractivity contribution < 1.29 is 4.52 Å². The normalized spacial score (nSPS) is 23.3. The van der Waals surface area contributed by atoms with Crippen LogP contribution in [0.3, 0.4) is 0 Å². The molecule has 1 aromatic carbocycles. The van der Waals surface area contributed by atoms with Crippen LogP contribution in [0, 0.1) is 0 Å². The standard InChI is InChI=1S/C12H11ClN2O/c13-10-11(16-15-12(10)14)9-6-8(9)7-4-2-1-3-5-7/h1-5,8-9H,6H2,(H2,14,15). The molecule has 4 heteroatoms. The predicted octanol–water partition coefficient (Wildman–Crippen LogP) is 3.18. The van der Waals surface area contributed by atoms with Crippen LogP contribution in [0.25, 0.3) is 0 Å². The number of nitrogen functional groups attached to an aromatic ring is 1. The average Bonchev–Trinajstić information content (AvgIpc) is 3.04. The van der Waals surface area contributed by atoms with Crippen molar-refractivity contribution in [3.63, 3.8) is 0 Å².